The van der Waals surface area contributed by atoms with E-state index in [2.05, 4.69) is 32.7 Å². The minimum Gasteiger partial charge on any atom is -0.362 e. The lowest BCUT2D eigenvalue weighted by molar-refractivity contribution is 0.985. The zero-order chi connectivity index (χ0) is 9.14. The van der Waals surface area contributed by atoms with Crippen LogP contribution in [-0.2, 0) is 19.3 Å². The van der Waals surface area contributed by atoms with Gasteiger partial charge in [0.1, 0.15) is 0 Å². The predicted octanol–water partition coefficient (Wildman–Crippen LogP) is 3.01. The van der Waals surface area contributed by atoms with E-state index in [1.54, 1.807) is 5.56 Å². The average Bonchev–Trinajstić information content (AvgIpc) is 2.40. The van der Waals surface area contributed by atoms with Crippen molar-refractivity contribution < 1.29 is 0 Å². The predicted molar refractivity (Wildman–Crippen MR) is 53.7 cm³/mol. The van der Waals surface area contributed by atoms with Crippen molar-refractivity contribution in [3.8, 4) is 0 Å². The Kier molecular flexibility index (Phi) is 2.96. The van der Waals surface area contributed by atoms with Gasteiger partial charge in [0.05, 0.1) is 0 Å². The lowest BCUT2D eigenvalue weighted by atomic mass is 10.0. The van der Waals surface area contributed by atoms with Crippen molar-refractivity contribution in [2.45, 2.75) is 47.0 Å². The summed E-state index contributed by atoms with van der Waals surface area (Å²) in [7, 11) is 0. The van der Waals surface area contributed by atoms with Crippen LogP contribution < -0.4 is 0 Å². The van der Waals surface area contributed by atoms with Gasteiger partial charge in [0, 0.05) is 11.4 Å². The molecule has 1 heteroatoms. The quantitative estimate of drug-likeness (QED) is 0.708. The molecule has 68 valence electrons. The van der Waals surface area contributed by atoms with E-state index in [0.29, 0.717) is 0 Å². The summed E-state index contributed by atoms with van der Waals surface area (Å²) in [6.45, 7) is 8.86. The van der Waals surface area contributed by atoms with Gasteiger partial charge >= 0.3 is 0 Å². The molecule has 0 amide bonds. The van der Waals surface area contributed by atoms with Crippen molar-refractivity contribution in [2.24, 2.45) is 0 Å². The lowest BCUT2D eigenvalue weighted by Crippen LogP contribution is -1.90. The maximum absolute atomic E-state index is 3.46. The largest absolute Gasteiger partial charge is 0.362 e. The number of hydrogen-bond donors (Lipinski definition) is 1. The Morgan fingerprint density at radius 2 is 1.50 bits per heavy atom. The van der Waals surface area contributed by atoms with E-state index in [1.807, 2.05) is 0 Å². The van der Waals surface area contributed by atoms with Gasteiger partial charge in [0.2, 0.25) is 0 Å². The topological polar surface area (TPSA) is 15.8 Å². The highest BCUT2D eigenvalue weighted by Gasteiger charge is 2.09. The molecule has 0 atom stereocenters. The summed E-state index contributed by atoms with van der Waals surface area (Å²) in [5.74, 6) is 0. The number of aromatic nitrogens is 1. The van der Waals surface area contributed by atoms with Gasteiger partial charge in [-0.3, -0.25) is 0 Å². The van der Waals surface area contributed by atoms with Gasteiger partial charge in [-0.1, -0.05) is 20.8 Å². The Hall–Kier alpha value is -0.720. The smallest absolute Gasteiger partial charge is 0.0181 e. The minimum atomic E-state index is 1.13. The summed E-state index contributed by atoms with van der Waals surface area (Å²) in [6.07, 6.45) is 3.45. The molecule has 1 aromatic rings. The molecule has 0 saturated heterocycles. The van der Waals surface area contributed by atoms with Crippen LogP contribution in [0.3, 0.4) is 0 Å². The zero-order valence-electron chi connectivity index (χ0n) is 8.62. The molecule has 0 aliphatic carbocycles. The van der Waals surface area contributed by atoms with Crippen LogP contribution in [0.1, 0.15) is 43.3 Å². The molecule has 0 aromatic carbocycles. The Bertz CT molecular complexity index is 258. The van der Waals surface area contributed by atoms with Crippen LogP contribution >= 0.6 is 0 Å². The standard InChI is InChI=1S/C11H19N/c1-5-9-8(4)12-11(7-3)10(9)6-2/h12H,5-7H2,1-4H3. The Morgan fingerprint density at radius 1 is 0.917 bits per heavy atom. The van der Waals surface area contributed by atoms with E-state index in [4.69, 9.17) is 0 Å². The molecule has 12 heavy (non-hydrogen) atoms. The van der Waals surface area contributed by atoms with Gasteiger partial charge in [-0.15, -0.1) is 0 Å². The molecule has 1 N–H and O–H groups in total. The summed E-state index contributed by atoms with van der Waals surface area (Å²) in [5, 5.41) is 0. The monoisotopic (exact) mass is 165 g/mol. The molecule has 0 fully saturated rings. The third-order valence-corrected chi connectivity index (χ3v) is 2.58. The van der Waals surface area contributed by atoms with Gasteiger partial charge in [0.25, 0.3) is 0 Å². The number of rotatable bonds is 3. The van der Waals surface area contributed by atoms with Gasteiger partial charge < -0.3 is 4.98 Å². The van der Waals surface area contributed by atoms with E-state index in [9.17, 15) is 0 Å². The zero-order valence-corrected chi connectivity index (χ0v) is 8.62. The van der Waals surface area contributed by atoms with Crippen LogP contribution in [0, 0.1) is 6.92 Å². The van der Waals surface area contributed by atoms with Crippen molar-refractivity contribution >= 4 is 0 Å². The van der Waals surface area contributed by atoms with E-state index >= 15 is 0 Å². The van der Waals surface area contributed by atoms with E-state index in [-0.39, 0.29) is 0 Å². The van der Waals surface area contributed by atoms with Crippen molar-refractivity contribution in [1.82, 2.24) is 4.98 Å². The first kappa shape index (κ1) is 9.37. The highest BCUT2D eigenvalue weighted by Crippen LogP contribution is 2.20. The van der Waals surface area contributed by atoms with Gasteiger partial charge in [-0.25, -0.2) is 0 Å². The van der Waals surface area contributed by atoms with E-state index in [1.165, 1.54) is 17.0 Å². The first-order valence-electron chi connectivity index (χ1n) is 4.93. The summed E-state index contributed by atoms with van der Waals surface area (Å²) in [5.41, 5.74) is 5.89. The van der Waals surface area contributed by atoms with Crippen molar-refractivity contribution in [2.75, 3.05) is 0 Å². The van der Waals surface area contributed by atoms with Crippen molar-refractivity contribution in [1.29, 1.82) is 0 Å². The molecule has 1 nitrogen and oxygen atoms in total. The van der Waals surface area contributed by atoms with E-state index in [0.717, 1.165) is 19.3 Å². The van der Waals surface area contributed by atoms with Gasteiger partial charge in [0.15, 0.2) is 0 Å². The third kappa shape index (κ3) is 1.40. The Labute approximate surface area is 75.2 Å². The summed E-state index contributed by atoms with van der Waals surface area (Å²) in [6, 6.07) is 0. The average molecular weight is 165 g/mol. The number of hydrogen-bond acceptors (Lipinski definition) is 0. The first-order chi connectivity index (χ1) is 5.74. The molecule has 1 rings (SSSR count). The van der Waals surface area contributed by atoms with Gasteiger partial charge in [-0.2, -0.15) is 0 Å². The van der Waals surface area contributed by atoms with Crippen molar-refractivity contribution in [3.05, 3.63) is 22.5 Å². The van der Waals surface area contributed by atoms with Crippen molar-refractivity contribution in [3.63, 3.8) is 0 Å². The fourth-order valence-corrected chi connectivity index (χ4v) is 1.99. The van der Waals surface area contributed by atoms with Crippen LogP contribution in [0.4, 0.5) is 0 Å². The highest BCUT2D eigenvalue weighted by molar-refractivity contribution is 5.36. The second-order valence-electron chi connectivity index (χ2n) is 3.25. The number of H-pyrrole nitrogens is 1. The lowest BCUT2D eigenvalue weighted by Gasteiger charge is -2.00. The fraction of sp³-hybridized carbons (Fsp3) is 0.636. The molecule has 1 heterocycles. The summed E-state index contributed by atoms with van der Waals surface area (Å²) >= 11 is 0. The molecular weight excluding hydrogens is 146 g/mol. The van der Waals surface area contributed by atoms with Crippen LogP contribution in [-0.4, -0.2) is 4.98 Å². The van der Waals surface area contributed by atoms with E-state index < -0.39 is 0 Å². The maximum Gasteiger partial charge on any atom is 0.0181 e. The SMILES string of the molecule is CCc1[nH]c(C)c(CC)c1CC. The molecule has 0 spiro atoms. The second kappa shape index (κ2) is 3.79. The normalized spacial score (nSPS) is 10.7. The summed E-state index contributed by atoms with van der Waals surface area (Å²) in [4.78, 5) is 3.46. The molecule has 0 radical (unpaired) electrons. The number of aryl methyl sites for hydroxylation is 2. The Balaban J connectivity index is 3.16. The number of nitrogens with one attached hydrogen (secondary N) is 1. The molecule has 0 unspecified atom stereocenters. The molecule has 0 aliphatic heterocycles. The van der Waals surface area contributed by atoms with Gasteiger partial charge in [-0.05, 0) is 37.3 Å². The molecule has 0 aliphatic rings. The fourth-order valence-electron chi connectivity index (χ4n) is 1.99. The summed E-state index contributed by atoms with van der Waals surface area (Å²) < 4.78 is 0. The van der Waals surface area contributed by atoms with Crippen LogP contribution in [0.15, 0.2) is 0 Å². The second-order valence-corrected chi connectivity index (χ2v) is 3.25. The minimum absolute atomic E-state index is 1.13. The molecule has 1 aromatic heterocycles. The van der Waals surface area contributed by atoms with Crippen LogP contribution in [0.2, 0.25) is 0 Å². The first-order valence-corrected chi connectivity index (χ1v) is 4.93. The van der Waals surface area contributed by atoms with Crippen LogP contribution in [0.5, 0.6) is 0 Å². The highest BCUT2D eigenvalue weighted by atomic mass is 14.7. The molecule has 0 saturated carbocycles. The number of aromatic amines is 1. The molecular formula is C11H19N. The Morgan fingerprint density at radius 3 is 1.92 bits per heavy atom. The molecule has 0 bridgehead atoms. The maximum atomic E-state index is 3.46. The third-order valence-electron chi connectivity index (χ3n) is 2.58. The van der Waals surface area contributed by atoms with Crippen LogP contribution in [0.25, 0.3) is 0 Å².